The zero-order chi connectivity index (χ0) is 15.1. The number of carbonyl (C=O) groups is 2. The molecule has 5 nitrogen and oxygen atoms in total. The molecule has 0 aromatic heterocycles. The number of carboxylic acids is 1. The van der Waals surface area contributed by atoms with Crippen molar-refractivity contribution in [3.05, 3.63) is 30.1 Å². The summed E-state index contributed by atoms with van der Waals surface area (Å²) in [6.45, 7) is 2.04. The van der Waals surface area contributed by atoms with Crippen LogP contribution < -0.4 is 10.2 Å². The summed E-state index contributed by atoms with van der Waals surface area (Å²) in [6, 6.07) is 5.30. The lowest BCUT2D eigenvalue weighted by Crippen LogP contribution is -2.37. The van der Waals surface area contributed by atoms with E-state index < -0.39 is 11.9 Å². The van der Waals surface area contributed by atoms with Gasteiger partial charge < -0.3 is 10.4 Å². The van der Waals surface area contributed by atoms with Crippen LogP contribution in [0.25, 0.3) is 0 Å². The smallest absolute Gasteiger partial charge is 0.321 e. The van der Waals surface area contributed by atoms with Crippen molar-refractivity contribution in [1.29, 1.82) is 0 Å². The van der Waals surface area contributed by atoms with Crippen LogP contribution in [0, 0.1) is 11.7 Å². The number of hydrogen-bond donors (Lipinski definition) is 2. The molecule has 2 amide bonds. The third kappa shape index (κ3) is 4.87. The minimum atomic E-state index is -0.834. The Balaban J connectivity index is 2.35. The number of carbonyl (C=O) groups excluding carboxylic acids is 1. The average Bonchev–Trinajstić information content (AvgIpc) is 2.43. The summed E-state index contributed by atoms with van der Waals surface area (Å²) in [7, 11) is 1.59. The number of rotatable bonds is 6. The highest BCUT2D eigenvalue weighted by molar-refractivity contribution is 5.91. The standard InChI is InChI=1S/C14H19FN2O3/c1-10(13(18)19)4-3-9-16-14(20)17(2)12-7-5-11(15)6-8-12/h5-8,10H,3-4,9H2,1-2H3,(H,16,20)(H,18,19). The van der Waals surface area contributed by atoms with E-state index in [1.807, 2.05) is 0 Å². The van der Waals surface area contributed by atoms with Gasteiger partial charge in [-0.1, -0.05) is 6.92 Å². The lowest BCUT2D eigenvalue weighted by Gasteiger charge is -2.18. The van der Waals surface area contributed by atoms with Gasteiger partial charge in [-0.15, -0.1) is 0 Å². The van der Waals surface area contributed by atoms with Crippen molar-refractivity contribution >= 4 is 17.7 Å². The van der Waals surface area contributed by atoms with Crippen LogP contribution in [0.5, 0.6) is 0 Å². The highest BCUT2D eigenvalue weighted by Gasteiger charge is 2.12. The van der Waals surface area contributed by atoms with Gasteiger partial charge >= 0.3 is 12.0 Å². The Labute approximate surface area is 117 Å². The van der Waals surface area contributed by atoms with Gasteiger partial charge in [0.05, 0.1) is 5.92 Å². The van der Waals surface area contributed by atoms with Gasteiger partial charge in [-0.05, 0) is 37.1 Å². The van der Waals surface area contributed by atoms with Crippen LogP contribution in [0.4, 0.5) is 14.9 Å². The Morgan fingerprint density at radius 2 is 1.95 bits per heavy atom. The number of aliphatic carboxylic acids is 1. The molecule has 6 heteroatoms. The Bertz CT molecular complexity index is 462. The van der Waals surface area contributed by atoms with Crippen LogP contribution in [-0.2, 0) is 4.79 Å². The van der Waals surface area contributed by atoms with Crippen molar-refractivity contribution < 1.29 is 19.1 Å². The predicted molar refractivity (Wildman–Crippen MR) is 74.2 cm³/mol. The first-order chi connectivity index (χ1) is 9.41. The first kappa shape index (κ1) is 15.9. The number of amides is 2. The Morgan fingerprint density at radius 1 is 1.35 bits per heavy atom. The molecule has 1 rings (SSSR count). The molecular formula is C14H19FN2O3. The van der Waals surface area contributed by atoms with E-state index >= 15 is 0 Å². The average molecular weight is 282 g/mol. The summed E-state index contributed by atoms with van der Waals surface area (Å²) < 4.78 is 12.8. The summed E-state index contributed by atoms with van der Waals surface area (Å²) in [4.78, 5) is 23.8. The van der Waals surface area contributed by atoms with Crippen molar-refractivity contribution in [2.24, 2.45) is 5.92 Å². The van der Waals surface area contributed by atoms with Gasteiger partial charge in [-0.3, -0.25) is 9.69 Å². The molecule has 1 aromatic rings. The van der Waals surface area contributed by atoms with Crippen LogP contribution in [-0.4, -0.2) is 30.7 Å². The Hall–Kier alpha value is -2.11. The maximum Gasteiger partial charge on any atom is 0.321 e. The van der Waals surface area contributed by atoms with Gasteiger partial charge in [0.15, 0.2) is 0 Å². The largest absolute Gasteiger partial charge is 0.481 e. The number of hydrogen-bond acceptors (Lipinski definition) is 2. The second-order valence-corrected chi connectivity index (χ2v) is 4.65. The molecule has 0 bridgehead atoms. The van der Waals surface area contributed by atoms with Crippen molar-refractivity contribution in [1.82, 2.24) is 5.32 Å². The fourth-order valence-electron chi connectivity index (χ4n) is 1.63. The second-order valence-electron chi connectivity index (χ2n) is 4.65. The van der Waals surface area contributed by atoms with Gasteiger partial charge in [0.1, 0.15) is 5.82 Å². The number of benzene rings is 1. The maximum atomic E-state index is 12.8. The number of carboxylic acid groups (broad SMARTS) is 1. The van der Waals surface area contributed by atoms with Crippen molar-refractivity contribution in [3.8, 4) is 0 Å². The predicted octanol–water partition coefficient (Wildman–Crippen LogP) is 2.47. The molecule has 0 aliphatic rings. The van der Waals surface area contributed by atoms with E-state index in [2.05, 4.69) is 5.32 Å². The van der Waals surface area contributed by atoms with E-state index in [1.54, 1.807) is 14.0 Å². The first-order valence-corrected chi connectivity index (χ1v) is 6.41. The molecule has 1 aromatic carbocycles. The monoisotopic (exact) mass is 282 g/mol. The molecule has 0 fully saturated rings. The number of nitrogens with one attached hydrogen (secondary N) is 1. The van der Waals surface area contributed by atoms with E-state index in [-0.39, 0.29) is 11.8 Å². The molecule has 0 heterocycles. The quantitative estimate of drug-likeness (QED) is 0.787. The van der Waals surface area contributed by atoms with E-state index in [0.29, 0.717) is 25.1 Å². The van der Waals surface area contributed by atoms with E-state index in [0.717, 1.165) is 0 Å². The summed E-state index contributed by atoms with van der Waals surface area (Å²) in [5.41, 5.74) is 0.586. The highest BCUT2D eigenvalue weighted by atomic mass is 19.1. The molecule has 2 N–H and O–H groups in total. The van der Waals surface area contributed by atoms with Gasteiger partial charge in [0.2, 0.25) is 0 Å². The zero-order valence-corrected chi connectivity index (χ0v) is 11.6. The van der Waals surface area contributed by atoms with Crippen molar-refractivity contribution in [3.63, 3.8) is 0 Å². The molecule has 0 aliphatic heterocycles. The minimum absolute atomic E-state index is 0.306. The Kier molecular flexibility index (Phi) is 5.96. The maximum absolute atomic E-state index is 12.8. The van der Waals surface area contributed by atoms with Crippen molar-refractivity contribution in [2.45, 2.75) is 19.8 Å². The number of urea groups is 1. The van der Waals surface area contributed by atoms with E-state index in [4.69, 9.17) is 5.11 Å². The topological polar surface area (TPSA) is 69.6 Å². The van der Waals surface area contributed by atoms with Crippen LogP contribution in [0.3, 0.4) is 0 Å². The summed E-state index contributed by atoms with van der Waals surface area (Å²) >= 11 is 0. The molecule has 0 saturated heterocycles. The van der Waals surface area contributed by atoms with Crippen LogP contribution in [0.15, 0.2) is 24.3 Å². The minimum Gasteiger partial charge on any atom is -0.481 e. The van der Waals surface area contributed by atoms with E-state index in [9.17, 15) is 14.0 Å². The fourth-order valence-corrected chi connectivity index (χ4v) is 1.63. The van der Waals surface area contributed by atoms with Gasteiger partial charge in [0, 0.05) is 19.3 Å². The summed E-state index contributed by atoms with van der Waals surface area (Å²) in [5.74, 6) is -1.60. The third-order valence-corrected chi connectivity index (χ3v) is 3.03. The zero-order valence-electron chi connectivity index (χ0n) is 11.6. The first-order valence-electron chi connectivity index (χ1n) is 6.41. The van der Waals surface area contributed by atoms with Crippen LogP contribution in [0.1, 0.15) is 19.8 Å². The van der Waals surface area contributed by atoms with Gasteiger partial charge in [0.25, 0.3) is 0 Å². The van der Waals surface area contributed by atoms with Gasteiger partial charge in [-0.2, -0.15) is 0 Å². The van der Waals surface area contributed by atoms with Crippen LogP contribution >= 0.6 is 0 Å². The molecule has 1 unspecified atom stereocenters. The third-order valence-electron chi connectivity index (χ3n) is 3.03. The molecule has 0 radical (unpaired) electrons. The van der Waals surface area contributed by atoms with Crippen molar-refractivity contribution in [2.75, 3.05) is 18.5 Å². The molecule has 0 spiro atoms. The second kappa shape index (κ2) is 7.47. The number of halogens is 1. The summed E-state index contributed by atoms with van der Waals surface area (Å²) in [5, 5.41) is 11.4. The SMILES string of the molecule is CC(CCCNC(=O)N(C)c1ccc(F)cc1)C(=O)O. The molecule has 110 valence electrons. The highest BCUT2D eigenvalue weighted by Crippen LogP contribution is 2.13. The number of nitrogens with zero attached hydrogens (tertiary/aromatic N) is 1. The molecule has 1 atom stereocenters. The normalized spacial score (nSPS) is 11.8. The van der Waals surface area contributed by atoms with E-state index in [1.165, 1.54) is 29.2 Å². The lowest BCUT2D eigenvalue weighted by atomic mass is 10.1. The summed E-state index contributed by atoms with van der Waals surface area (Å²) in [6.07, 6.45) is 1.10. The lowest BCUT2D eigenvalue weighted by molar-refractivity contribution is -0.141. The van der Waals surface area contributed by atoms with Crippen LogP contribution in [0.2, 0.25) is 0 Å². The fraction of sp³-hybridized carbons (Fsp3) is 0.429. The molecule has 0 saturated carbocycles. The number of anilines is 1. The molecule has 20 heavy (non-hydrogen) atoms. The molecule has 0 aliphatic carbocycles. The van der Waals surface area contributed by atoms with Gasteiger partial charge in [-0.25, -0.2) is 9.18 Å². The Morgan fingerprint density at radius 3 is 2.50 bits per heavy atom. The molecular weight excluding hydrogens is 263 g/mol.